The maximum absolute atomic E-state index is 13.6. The molecule has 1 saturated carbocycles. The van der Waals surface area contributed by atoms with Gasteiger partial charge in [0, 0.05) is 37.7 Å². The lowest BCUT2D eigenvalue weighted by atomic mass is 9.76. The van der Waals surface area contributed by atoms with Crippen molar-refractivity contribution in [1.82, 2.24) is 15.3 Å². The van der Waals surface area contributed by atoms with Crippen LogP contribution < -0.4 is 5.32 Å². The first kappa shape index (κ1) is 19.7. The number of hydrogen-bond donors (Lipinski definition) is 1. The molecule has 1 unspecified atom stereocenters. The standard InChI is InChI=1S/C20H22ClF2N3O/c1-13-24-10-15(11-25-13)17(14-6-8-20(22,23)9-7-14)12-26-19(27)16-4-2-3-5-18(16)21/h2-5,10-11,14,17H,6-9,12H2,1H3,(H,26,27). The van der Waals surface area contributed by atoms with Crippen LogP contribution in [0.2, 0.25) is 5.02 Å². The summed E-state index contributed by atoms with van der Waals surface area (Å²) < 4.78 is 27.1. The topological polar surface area (TPSA) is 54.9 Å². The van der Waals surface area contributed by atoms with Crippen LogP contribution in [0.1, 0.15) is 53.3 Å². The Balaban J connectivity index is 1.75. The van der Waals surface area contributed by atoms with E-state index in [2.05, 4.69) is 15.3 Å². The van der Waals surface area contributed by atoms with Gasteiger partial charge in [-0.2, -0.15) is 0 Å². The monoisotopic (exact) mass is 393 g/mol. The summed E-state index contributed by atoms with van der Waals surface area (Å²) in [5.74, 6) is -2.30. The molecule has 1 fully saturated rings. The van der Waals surface area contributed by atoms with Crippen LogP contribution in [0.3, 0.4) is 0 Å². The smallest absolute Gasteiger partial charge is 0.252 e. The molecular formula is C20H22ClF2N3O. The molecule has 0 aliphatic heterocycles. The van der Waals surface area contributed by atoms with E-state index in [0.717, 1.165) is 5.56 Å². The average Bonchev–Trinajstić information content (AvgIpc) is 2.64. The van der Waals surface area contributed by atoms with Gasteiger partial charge in [0.05, 0.1) is 10.6 Å². The molecule has 4 nitrogen and oxygen atoms in total. The number of aromatic nitrogens is 2. The number of amides is 1. The fraction of sp³-hybridized carbons (Fsp3) is 0.450. The highest BCUT2D eigenvalue weighted by molar-refractivity contribution is 6.33. The number of nitrogens with one attached hydrogen (secondary N) is 1. The van der Waals surface area contributed by atoms with Crippen molar-refractivity contribution in [1.29, 1.82) is 0 Å². The van der Waals surface area contributed by atoms with E-state index >= 15 is 0 Å². The van der Waals surface area contributed by atoms with E-state index in [1.54, 1.807) is 43.6 Å². The first-order chi connectivity index (χ1) is 12.9. The SMILES string of the molecule is Cc1ncc(C(CNC(=O)c2ccccc2Cl)C2CCC(F)(F)CC2)cn1. The van der Waals surface area contributed by atoms with Crippen LogP contribution in [0.4, 0.5) is 8.78 Å². The van der Waals surface area contributed by atoms with Crippen LogP contribution in [-0.2, 0) is 0 Å². The number of carbonyl (C=O) groups excluding carboxylic acids is 1. The number of halogens is 3. The van der Waals surface area contributed by atoms with Gasteiger partial charge in [0.1, 0.15) is 5.82 Å². The average molecular weight is 394 g/mol. The highest BCUT2D eigenvalue weighted by Crippen LogP contribution is 2.42. The van der Waals surface area contributed by atoms with E-state index in [4.69, 9.17) is 11.6 Å². The fourth-order valence-electron chi connectivity index (χ4n) is 3.56. The predicted molar refractivity (Wildman–Crippen MR) is 100 cm³/mol. The molecule has 144 valence electrons. The number of nitrogens with zero attached hydrogens (tertiary/aromatic N) is 2. The molecule has 3 rings (SSSR count). The van der Waals surface area contributed by atoms with Crippen molar-refractivity contribution in [2.24, 2.45) is 5.92 Å². The van der Waals surface area contributed by atoms with Crippen LogP contribution in [0.25, 0.3) is 0 Å². The highest BCUT2D eigenvalue weighted by Gasteiger charge is 2.38. The summed E-state index contributed by atoms with van der Waals surface area (Å²) in [4.78, 5) is 21.0. The maximum atomic E-state index is 13.6. The Morgan fingerprint density at radius 3 is 2.52 bits per heavy atom. The Bertz CT molecular complexity index is 788. The third-order valence-electron chi connectivity index (χ3n) is 5.16. The Kier molecular flexibility index (Phi) is 6.05. The van der Waals surface area contributed by atoms with E-state index in [0.29, 0.717) is 35.8 Å². The predicted octanol–water partition coefficient (Wildman–Crippen LogP) is 4.78. The van der Waals surface area contributed by atoms with Gasteiger partial charge in [-0.15, -0.1) is 0 Å². The summed E-state index contributed by atoms with van der Waals surface area (Å²) in [5, 5.41) is 3.28. The van der Waals surface area contributed by atoms with E-state index in [9.17, 15) is 13.6 Å². The number of benzene rings is 1. The third-order valence-corrected chi connectivity index (χ3v) is 5.49. The van der Waals surface area contributed by atoms with Gasteiger partial charge in [0.15, 0.2) is 0 Å². The van der Waals surface area contributed by atoms with Crippen molar-refractivity contribution in [3.8, 4) is 0 Å². The highest BCUT2D eigenvalue weighted by atomic mass is 35.5. The van der Waals surface area contributed by atoms with Gasteiger partial charge in [-0.05, 0) is 43.4 Å². The normalized spacial score (nSPS) is 18.1. The van der Waals surface area contributed by atoms with Crippen LogP contribution in [0.5, 0.6) is 0 Å². The van der Waals surface area contributed by atoms with Gasteiger partial charge in [-0.3, -0.25) is 4.79 Å². The molecule has 1 aromatic heterocycles. The van der Waals surface area contributed by atoms with Crippen molar-refractivity contribution in [2.75, 3.05) is 6.54 Å². The zero-order chi connectivity index (χ0) is 19.4. The van der Waals surface area contributed by atoms with E-state index < -0.39 is 5.92 Å². The second-order valence-electron chi connectivity index (χ2n) is 7.05. The number of alkyl halides is 2. The Hall–Kier alpha value is -2.08. The minimum Gasteiger partial charge on any atom is -0.351 e. The lowest BCUT2D eigenvalue weighted by Crippen LogP contribution is -2.35. The molecule has 1 heterocycles. The Morgan fingerprint density at radius 1 is 1.26 bits per heavy atom. The van der Waals surface area contributed by atoms with E-state index in [-0.39, 0.29) is 30.6 Å². The molecule has 1 aliphatic rings. The molecule has 7 heteroatoms. The lowest BCUT2D eigenvalue weighted by molar-refractivity contribution is -0.0485. The molecule has 0 spiro atoms. The first-order valence-electron chi connectivity index (χ1n) is 9.05. The van der Waals surface area contributed by atoms with Gasteiger partial charge in [0.2, 0.25) is 5.92 Å². The zero-order valence-electron chi connectivity index (χ0n) is 15.1. The largest absolute Gasteiger partial charge is 0.351 e. The van der Waals surface area contributed by atoms with Gasteiger partial charge in [-0.25, -0.2) is 18.7 Å². The number of hydrogen-bond acceptors (Lipinski definition) is 3. The molecule has 1 aromatic carbocycles. The molecule has 1 atom stereocenters. The first-order valence-corrected chi connectivity index (χ1v) is 9.42. The molecule has 0 radical (unpaired) electrons. The third kappa shape index (κ3) is 5.01. The van der Waals surface area contributed by atoms with Crippen molar-refractivity contribution >= 4 is 17.5 Å². The Labute approximate surface area is 162 Å². The molecule has 0 saturated heterocycles. The summed E-state index contributed by atoms with van der Waals surface area (Å²) in [5.41, 5.74) is 1.25. The summed E-state index contributed by atoms with van der Waals surface area (Å²) in [7, 11) is 0. The van der Waals surface area contributed by atoms with Crippen molar-refractivity contribution in [2.45, 2.75) is 44.4 Å². The van der Waals surface area contributed by atoms with Crippen molar-refractivity contribution < 1.29 is 13.6 Å². The lowest BCUT2D eigenvalue weighted by Gasteiger charge is -2.34. The van der Waals surface area contributed by atoms with Gasteiger partial charge >= 0.3 is 0 Å². The number of aryl methyl sites for hydroxylation is 1. The molecule has 2 aromatic rings. The fourth-order valence-corrected chi connectivity index (χ4v) is 3.78. The molecule has 1 N–H and O–H groups in total. The van der Waals surface area contributed by atoms with Gasteiger partial charge in [-0.1, -0.05) is 23.7 Å². The number of carbonyl (C=O) groups is 1. The zero-order valence-corrected chi connectivity index (χ0v) is 15.8. The quantitative estimate of drug-likeness (QED) is 0.795. The Morgan fingerprint density at radius 2 is 1.89 bits per heavy atom. The molecule has 27 heavy (non-hydrogen) atoms. The summed E-state index contributed by atoms with van der Waals surface area (Å²) in [6.07, 6.45) is 4.02. The van der Waals surface area contributed by atoms with Crippen molar-refractivity contribution in [3.05, 3.63) is 58.6 Å². The second-order valence-corrected chi connectivity index (χ2v) is 7.46. The van der Waals surface area contributed by atoms with Crippen LogP contribution >= 0.6 is 11.6 Å². The summed E-state index contributed by atoms with van der Waals surface area (Å²) in [6.45, 7) is 2.12. The summed E-state index contributed by atoms with van der Waals surface area (Å²) in [6, 6.07) is 6.82. The minimum absolute atomic E-state index is 0.0440. The molecule has 1 aliphatic carbocycles. The van der Waals surface area contributed by atoms with Gasteiger partial charge < -0.3 is 5.32 Å². The summed E-state index contributed by atoms with van der Waals surface area (Å²) >= 11 is 6.08. The number of rotatable bonds is 5. The minimum atomic E-state index is -2.59. The van der Waals surface area contributed by atoms with Crippen LogP contribution in [0, 0.1) is 12.8 Å². The van der Waals surface area contributed by atoms with Crippen LogP contribution in [-0.4, -0.2) is 28.3 Å². The van der Waals surface area contributed by atoms with E-state index in [1.807, 2.05) is 0 Å². The molecule has 0 bridgehead atoms. The molecular weight excluding hydrogens is 372 g/mol. The molecule has 1 amide bonds. The second kappa shape index (κ2) is 8.30. The maximum Gasteiger partial charge on any atom is 0.252 e. The van der Waals surface area contributed by atoms with Crippen molar-refractivity contribution in [3.63, 3.8) is 0 Å². The van der Waals surface area contributed by atoms with Crippen LogP contribution in [0.15, 0.2) is 36.7 Å². The van der Waals surface area contributed by atoms with Gasteiger partial charge in [0.25, 0.3) is 5.91 Å². The van der Waals surface area contributed by atoms with E-state index in [1.165, 1.54) is 0 Å².